The van der Waals surface area contributed by atoms with Crippen LogP contribution in [-0.4, -0.2) is 26.4 Å². The maximum Gasteiger partial charge on any atom is 0.250 e. The van der Waals surface area contributed by atoms with Crippen molar-refractivity contribution in [1.29, 1.82) is 0 Å². The molecule has 106 valence electrons. The van der Waals surface area contributed by atoms with Crippen LogP contribution >= 0.6 is 0 Å². The summed E-state index contributed by atoms with van der Waals surface area (Å²) in [6.07, 6.45) is 7.91. The first-order chi connectivity index (χ1) is 9.79. The molecule has 2 N–H and O–H groups in total. The summed E-state index contributed by atoms with van der Waals surface area (Å²) in [7, 11) is 0. The molecule has 0 spiro atoms. The van der Waals surface area contributed by atoms with E-state index in [-0.39, 0.29) is 0 Å². The van der Waals surface area contributed by atoms with Crippen LogP contribution in [0.2, 0.25) is 0 Å². The average Bonchev–Trinajstić information content (AvgIpc) is 2.86. The van der Waals surface area contributed by atoms with Gasteiger partial charge >= 0.3 is 0 Å². The van der Waals surface area contributed by atoms with E-state index in [0.29, 0.717) is 17.8 Å². The maximum absolute atomic E-state index is 4.98. The molecule has 0 aliphatic heterocycles. The monoisotopic (exact) mass is 274 g/mol. The molecule has 7 heteroatoms. The lowest BCUT2D eigenvalue weighted by Gasteiger charge is -2.22. The van der Waals surface area contributed by atoms with Crippen molar-refractivity contribution < 1.29 is 4.52 Å². The maximum atomic E-state index is 4.98. The molecule has 0 bridgehead atoms. The zero-order chi connectivity index (χ0) is 13.8. The van der Waals surface area contributed by atoms with Gasteiger partial charge in [-0.15, -0.1) is 5.10 Å². The van der Waals surface area contributed by atoms with E-state index < -0.39 is 0 Å². The van der Waals surface area contributed by atoms with Gasteiger partial charge in [0.2, 0.25) is 5.95 Å². The topological polar surface area (TPSA) is 88.8 Å². The highest BCUT2D eigenvalue weighted by Gasteiger charge is 2.14. The Morgan fingerprint density at radius 1 is 1.20 bits per heavy atom. The van der Waals surface area contributed by atoms with Crippen LogP contribution in [0.25, 0.3) is 0 Å². The van der Waals surface area contributed by atoms with Crippen molar-refractivity contribution in [2.24, 2.45) is 0 Å². The van der Waals surface area contributed by atoms with E-state index in [0.717, 1.165) is 11.6 Å². The van der Waals surface area contributed by atoms with E-state index in [2.05, 4.69) is 31.0 Å². The number of anilines is 3. The molecule has 0 radical (unpaired) electrons. The number of nitrogens with one attached hydrogen (secondary N) is 2. The van der Waals surface area contributed by atoms with Crippen molar-refractivity contribution in [3.05, 3.63) is 18.0 Å². The molecule has 1 aliphatic carbocycles. The average molecular weight is 274 g/mol. The quantitative estimate of drug-likeness (QED) is 0.885. The highest BCUT2D eigenvalue weighted by atomic mass is 16.5. The molecule has 0 amide bonds. The first-order valence-corrected chi connectivity index (χ1v) is 6.96. The molecule has 0 unspecified atom stereocenters. The molecule has 7 nitrogen and oxygen atoms in total. The van der Waals surface area contributed by atoms with Crippen molar-refractivity contribution in [1.82, 2.24) is 20.3 Å². The highest BCUT2D eigenvalue weighted by molar-refractivity contribution is 5.49. The minimum absolute atomic E-state index is 0.416. The van der Waals surface area contributed by atoms with E-state index in [4.69, 9.17) is 4.52 Å². The summed E-state index contributed by atoms with van der Waals surface area (Å²) in [5.41, 5.74) is 0. The zero-order valence-corrected chi connectivity index (χ0v) is 11.5. The molecule has 2 aromatic heterocycles. The van der Waals surface area contributed by atoms with Gasteiger partial charge in [-0.25, -0.2) is 0 Å². The summed E-state index contributed by atoms with van der Waals surface area (Å²) in [6, 6.07) is 2.27. The molecule has 0 atom stereocenters. The molecule has 2 aromatic rings. The largest absolute Gasteiger partial charge is 0.366 e. The van der Waals surface area contributed by atoms with Gasteiger partial charge in [-0.2, -0.15) is 10.1 Å². The summed E-state index contributed by atoms with van der Waals surface area (Å²) >= 11 is 0. The zero-order valence-electron chi connectivity index (χ0n) is 11.5. The molecular weight excluding hydrogens is 256 g/mol. The molecular formula is C13H18N6O. The lowest BCUT2D eigenvalue weighted by molar-refractivity contribution is 0.400. The first-order valence-electron chi connectivity index (χ1n) is 6.96. The second kappa shape index (κ2) is 5.85. The Balaban J connectivity index is 1.65. The summed E-state index contributed by atoms with van der Waals surface area (Å²) < 4.78 is 4.98. The smallest absolute Gasteiger partial charge is 0.250 e. The van der Waals surface area contributed by atoms with Gasteiger partial charge in [0, 0.05) is 12.1 Å². The number of aryl methyl sites for hydroxylation is 1. The second-order valence-electron chi connectivity index (χ2n) is 5.09. The lowest BCUT2D eigenvalue weighted by Crippen LogP contribution is -2.23. The van der Waals surface area contributed by atoms with Crippen LogP contribution in [0.1, 0.15) is 37.9 Å². The van der Waals surface area contributed by atoms with Crippen molar-refractivity contribution in [3.63, 3.8) is 0 Å². The fraction of sp³-hybridized carbons (Fsp3) is 0.538. The van der Waals surface area contributed by atoms with Crippen LogP contribution in [0.5, 0.6) is 0 Å². The SMILES string of the molecule is Cc1cc(Nc2nncc(NC3CCCCC3)n2)no1. The van der Waals surface area contributed by atoms with Gasteiger partial charge in [-0.05, 0) is 19.8 Å². The predicted octanol–water partition coefficient (Wildman–Crippen LogP) is 2.66. The van der Waals surface area contributed by atoms with E-state index >= 15 is 0 Å². The van der Waals surface area contributed by atoms with Crippen LogP contribution in [0, 0.1) is 6.92 Å². The molecule has 1 saturated carbocycles. The fourth-order valence-corrected chi connectivity index (χ4v) is 2.42. The molecule has 3 rings (SSSR count). The Kier molecular flexibility index (Phi) is 3.76. The van der Waals surface area contributed by atoms with Crippen molar-refractivity contribution in [3.8, 4) is 0 Å². The minimum atomic E-state index is 0.416. The molecule has 2 heterocycles. The first kappa shape index (κ1) is 12.8. The van der Waals surface area contributed by atoms with Gasteiger partial charge in [0.25, 0.3) is 0 Å². The van der Waals surface area contributed by atoms with E-state index in [1.165, 1.54) is 32.1 Å². The summed E-state index contributed by atoms with van der Waals surface area (Å²) in [5, 5.41) is 18.1. The van der Waals surface area contributed by atoms with E-state index in [9.17, 15) is 0 Å². The molecule has 1 aliphatic rings. The summed E-state index contributed by atoms with van der Waals surface area (Å²) in [6.45, 7) is 1.83. The van der Waals surface area contributed by atoms with Gasteiger partial charge in [0.1, 0.15) is 5.76 Å². The molecule has 20 heavy (non-hydrogen) atoms. The normalized spacial score (nSPS) is 16.1. The lowest BCUT2D eigenvalue weighted by atomic mass is 9.96. The summed E-state index contributed by atoms with van der Waals surface area (Å²) in [5.74, 6) is 2.48. The predicted molar refractivity (Wildman–Crippen MR) is 74.8 cm³/mol. The number of hydrogen-bond acceptors (Lipinski definition) is 7. The second-order valence-corrected chi connectivity index (χ2v) is 5.09. The van der Waals surface area contributed by atoms with Crippen LogP contribution in [0.15, 0.2) is 16.8 Å². The third-order valence-corrected chi connectivity index (χ3v) is 3.38. The Labute approximate surface area is 117 Å². The fourth-order valence-electron chi connectivity index (χ4n) is 2.42. The van der Waals surface area contributed by atoms with Crippen LogP contribution in [0.4, 0.5) is 17.6 Å². The number of rotatable bonds is 4. The van der Waals surface area contributed by atoms with Crippen molar-refractivity contribution in [2.45, 2.75) is 45.1 Å². The molecule has 1 fully saturated rings. The molecule has 0 saturated heterocycles. The van der Waals surface area contributed by atoms with Crippen LogP contribution in [-0.2, 0) is 0 Å². The van der Waals surface area contributed by atoms with Gasteiger partial charge in [0.15, 0.2) is 11.6 Å². The van der Waals surface area contributed by atoms with Crippen LogP contribution < -0.4 is 10.6 Å². The minimum Gasteiger partial charge on any atom is -0.366 e. The third-order valence-electron chi connectivity index (χ3n) is 3.38. The standard InChI is InChI=1S/C13H18N6O/c1-9-7-11(19-20-9)16-13-17-12(8-14-18-13)15-10-5-3-2-4-6-10/h7-8,10H,2-6H2,1H3,(H2,15,16,17,18,19). The van der Waals surface area contributed by atoms with Crippen molar-refractivity contribution >= 4 is 17.6 Å². The number of aromatic nitrogens is 4. The van der Waals surface area contributed by atoms with Gasteiger partial charge in [0.05, 0.1) is 6.20 Å². The van der Waals surface area contributed by atoms with E-state index in [1.54, 1.807) is 12.3 Å². The van der Waals surface area contributed by atoms with Gasteiger partial charge in [-0.1, -0.05) is 24.4 Å². The Hall–Kier alpha value is -2.18. The number of nitrogens with zero attached hydrogens (tertiary/aromatic N) is 4. The third kappa shape index (κ3) is 3.23. The Morgan fingerprint density at radius 2 is 2.05 bits per heavy atom. The molecule has 0 aromatic carbocycles. The highest BCUT2D eigenvalue weighted by Crippen LogP contribution is 2.21. The number of hydrogen-bond donors (Lipinski definition) is 2. The van der Waals surface area contributed by atoms with E-state index in [1.807, 2.05) is 6.92 Å². The van der Waals surface area contributed by atoms with Crippen LogP contribution in [0.3, 0.4) is 0 Å². The Bertz CT molecular complexity index is 563. The Morgan fingerprint density at radius 3 is 2.80 bits per heavy atom. The van der Waals surface area contributed by atoms with Gasteiger partial charge in [-0.3, -0.25) is 0 Å². The van der Waals surface area contributed by atoms with Crippen molar-refractivity contribution in [2.75, 3.05) is 10.6 Å². The van der Waals surface area contributed by atoms with Gasteiger partial charge < -0.3 is 15.2 Å². The summed E-state index contributed by atoms with van der Waals surface area (Å²) in [4.78, 5) is 4.39.